The number of para-hydroxylation sites is 1. The summed E-state index contributed by atoms with van der Waals surface area (Å²) in [7, 11) is 0. The molecule has 136 valence electrons. The summed E-state index contributed by atoms with van der Waals surface area (Å²) >= 11 is 1.64. The predicted octanol–water partition coefficient (Wildman–Crippen LogP) is 3.19. The number of nitrogens with zero attached hydrogens (tertiary/aromatic N) is 5. The number of rotatable bonds is 5. The molecule has 8 heteroatoms. The third kappa shape index (κ3) is 3.66. The number of anilines is 1. The van der Waals surface area contributed by atoms with Crippen LogP contribution in [0.2, 0.25) is 0 Å². The number of piperazine rings is 1. The van der Waals surface area contributed by atoms with E-state index in [9.17, 15) is 4.39 Å². The molecular weight excluding hydrogens is 353 g/mol. The molecule has 1 fully saturated rings. The smallest absolute Gasteiger partial charge is 0.298 e. The Morgan fingerprint density at radius 3 is 2.62 bits per heavy atom. The number of benzene rings is 1. The fourth-order valence-corrected chi connectivity index (χ4v) is 3.54. The van der Waals surface area contributed by atoms with E-state index in [0.717, 1.165) is 49.2 Å². The van der Waals surface area contributed by atoms with Gasteiger partial charge in [0.1, 0.15) is 5.52 Å². The van der Waals surface area contributed by atoms with Gasteiger partial charge in [0.2, 0.25) is 0 Å². The molecule has 1 aliphatic heterocycles. The van der Waals surface area contributed by atoms with Crippen LogP contribution in [0.25, 0.3) is 11.1 Å². The lowest BCUT2D eigenvalue weighted by molar-refractivity contribution is 0.245. The standard InChI is InChI=1S/C18H20FN5OS/c1-2-26-17-20-10-13(11-21-17)12-23-6-8-24(9-7-23)18-22-15-5-3-4-14(19)16(15)25-18/h3-5,10-11H,2,6-9,12H2,1H3. The Morgan fingerprint density at radius 2 is 1.92 bits per heavy atom. The number of hydrogen-bond donors (Lipinski definition) is 0. The summed E-state index contributed by atoms with van der Waals surface area (Å²) in [6.45, 7) is 6.26. The normalized spacial score (nSPS) is 15.7. The van der Waals surface area contributed by atoms with E-state index in [2.05, 4.69) is 31.7 Å². The van der Waals surface area contributed by atoms with Crippen LogP contribution in [-0.2, 0) is 6.54 Å². The summed E-state index contributed by atoms with van der Waals surface area (Å²) in [4.78, 5) is 17.6. The Hall–Kier alpha value is -2.19. The maximum atomic E-state index is 13.8. The summed E-state index contributed by atoms with van der Waals surface area (Å²) in [6, 6.07) is 5.30. The minimum atomic E-state index is -0.371. The van der Waals surface area contributed by atoms with Gasteiger partial charge in [-0.15, -0.1) is 0 Å². The number of oxazole rings is 1. The van der Waals surface area contributed by atoms with Gasteiger partial charge < -0.3 is 9.32 Å². The maximum absolute atomic E-state index is 13.8. The topological polar surface area (TPSA) is 58.3 Å². The fourth-order valence-electron chi connectivity index (χ4n) is 3.02. The van der Waals surface area contributed by atoms with Crippen LogP contribution < -0.4 is 4.90 Å². The van der Waals surface area contributed by atoms with Crippen LogP contribution in [0.15, 0.2) is 40.2 Å². The van der Waals surface area contributed by atoms with Crippen molar-refractivity contribution in [3.8, 4) is 0 Å². The fraction of sp³-hybridized carbons (Fsp3) is 0.389. The van der Waals surface area contributed by atoms with Crippen molar-refractivity contribution in [2.45, 2.75) is 18.6 Å². The number of hydrogen-bond acceptors (Lipinski definition) is 7. The second-order valence-corrected chi connectivity index (χ2v) is 7.39. The first-order valence-electron chi connectivity index (χ1n) is 8.69. The van der Waals surface area contributed by atoms with Crippen LogP contribution in [-0.4, -0.2) is 51.8 Å². The Kier molecular flexibility index (Phi) is 5.03. The van der Waals surface area contributed by atoms with Gasteiger partial charge in [-0.05, 0) is 17.9 Å². The summed E-state index contributed by atoms with van der Waals surface area (Å²) in [5.74, 6) is 0.602. The van der Waals surface area contributed by atoms with Gasteiger partial charge in [-0.2, -0.15) is 4.98 Å². The molecule has 0 aliphatic carbocycles. The summed E-state index contributed by atoms with van der Waals surface area (Å²) in [5, 5.41) is 0.823. The van der Waals surface area contributed by atoms with Gasteiger partial charge in [-0.25, -0.2) is 14.4 Å². The molecule has 26 heavy (non-hydrogen) atoms. The van der Waals surface area contributed by atoms with Crippen LogP contribution >= 0.6 is 11.8 Å². The molecule has 2 aromatic heterocycles. The van der Waals surface area contributed by atoms with Gasteiger partial charge in [0, 0.05) is 50.7 Å². The van der Waals surface area contributed by atoms with Gasteiger partial charge in [-0.3, -0.25) is 4.90 Å². The minimum Gasteiger partial charge on any atom is -0.420 e. The lowest BCUT2D eigenvalue weighted by Gasteiger charge is -2.33. The number of halogens is 1. The maximum Gasteiger partial charge on any atom is 0.298 e. The molecule has 6 nitrogen and oxygen atoms in total. The Bertz CT molecular complexity index is 877. The molecule has 1 saturated heterocycles. The molecule has 4 rings (SSSR count). The molecule has 0 N–H and O–H groups in total. The Morgan fingerprint density at radius 1 is 1.15 bits per heavy atom. The zero-order valence-corrected chi connectivity index (χ0v) is 15.4. The van der Waals surface area contributed by atoms with Crippen LogP contribution in [0.5, 0.6) is 0 Å². The van der Waals surface area contributed by atoms with Gasteiger partial charge in [0.25, 0.3) is 6.01 Å². The molecule has 0 bridgehead atoms. The summed E-state index contributed by atoms with van der Waals surface area (Å²) in [6.07, 6.45) is 3.81. The Balaban J connectivity index is 1.36. The first-order valence-corrected chi connectivity index (χ1v) is 9.67. The van der Waals surface area contributed by atoms with Crippen LogP contribution in [0, 0.1) is 5.82 Å². The monoisotopic (exact) mass is 373 g/mol. The lowest BCUT2D eigenvalue weighted by Crippen LogP contribution is -2.46. The van der Waals surface area contributed by atoms with Gasteiger partial charge in [-0.1, -0.05) is 24.8 Å². The van der Waals surface area contributed by atoms with E-state index >= 15 is 0 Å². The first kappa shape index (κ1) is 17.2. The van der Waals surface area contributed by atoms with E-state index in [1.54, 1.807) is 23.9 Å². The number of thioether (sulfide) groups is 1. The predicted molar refractivity (Wildman–Crippen MR) is 99.9 cm³/mol. The molecule has 1 aromatic carbocycles. The van der Waals surface area contributed by atoms with E-state index in [-0.39, 0.29) is 11.4 Å². The highest BCUT2D eigenvalue weighted by molar-refractivity contribution is 7.99. The number of aromatic nitrogens is 3. The zero-order chi connectivity index (χ0) is 17.9. The van der Waals surface area contributed by atoms with E-state index in [0.29, 0.717) is 11.5 Å². The van der Waals surface area contributed by atoms with Crippen molar-refractivity contribution in [1.82, 2.24) is 19.9 Å². The third-order valence-corrected chi connectivity index (χ3v) is 5.12. The molecule has 0 amide bonds. The van der Waals surface area contributed by atoms with Gasteiger partial charge in [0.15, 0.2) is 16.6 Å². The number of fused-ring (bicyclic) bond motifs is 1. The molecule has 3 aromatic rings. The lowest BCUT2D eigenvalue weighted by atomic mass is 10.2. The van der Waals surface area contributed by atoms with Crippen molar-refractivity contribution in [2.24, 2.45) is 0 Å². The molecule has 0 atom stereocenters. The average molecular weight is 373 g/mol. The third-order valence-electron chi connectivity index (χ3n) is 4.36. The quantitative estimate of drug-likeness (QED) is 0.503. The van der Waals surface area contributed by atoms with Crippen molar-refractivity contribution in [3.63, 3.8) is 0 Å². The minimum absolute atomic E-state index is 0.229. The second kappa shape index (κ2) is 7.59. The highest BCUT2D eigenvalue weighted by atomic mass is 32.2. The van der Waals surface area contributed by atoms with Crippen molar-refractivity contribution in [3.05, 3.63) is 42.0 Å². The van der Waals surface area contributed by atoms with Crippen molar-refractivity contribution < 1.29 is 8.81 Å². The van der Waals surface area contributed by atoms with E-state index in [4.69, 9.17) is 4.42 Å². The van der Waals surface area contributed by atoms with Crippen molar-refractivity contribution in [2.75, 3.05) is 36.8 Å². The van der Waals surface area contributed by atoms with E-state index in [1.165, 1.54) is 6.07 Å². The molecular formula is C18H20FN5OS. The molecule has 0 spiro atoms. The Labute approximate surface area is 155 Å². The summed E-state index contributed by atoms with van der Waals surface area (Å²) < 4.78 is 19.4. The molecule has 0 saturated carbocycles. The first-order chi connectivity index (χ1) is 12.7. The second-order valence-electron chi connectivity index (χ2n) is 6.15. The SMILES string of the molecule is CCSc1ncc(CN2CCN(c3nc4cccc(F)c4o3)CC2)cn1. The highest BCUT2D eigenvalue weighted by Gasteiger charge is 2.22. The van der Waals surface area contributed by atoms with E-state index < -0.39 is 0 Å². The summed E-state index contributed by atoms with van der Waals surface area (Å²) in [5.41, 5.74) is 1.90. The largest absolute Gasteiger partial charge is 0.420 e. The average Bonchev–Trinajstić information content (AvgIpc) is 3.10. The van der Waals surface area contributed by atoms with E-state index in [1.807, 2.05) is 12.4 Å². The van der Waals surface area contributed by atoms with Crippen LogP contribution in [0.4, 0.5) is 10.4 Å². The highest BCUT2D eigenvalue weighted by Crippen LogP contribution is 2.25. The zero-order valence-electron chi connectivity index (χ0n) is 14.6. The van der Waals surface area contributed by atoms with Crippen LogP contribution in [0.1, 0.15) is 12.5 Å². The molecule has 3 heterocycles. The molecule has 0 unspecified atom stereocenters. The van der Waals surface area contributed by atoms with Gasteiger partial charge >= 0.3 is 0 Å². The van der Waals surface area contributed by atoms with Crippen molar-refractivity contribution in [1.29, 1.82) is 0 Å². The molecule has 0 radical (unpaired) electrons. The van der Waals surface area contributed by atoms with Gasteiger partial charge in [0.05, 0.1) is 0 Å². The van der Waals surface area contributed by atoms with Crippen molar-refractivity contribution >= 4 is 28.9 Å². The molecule has 1 aliphatic rings. The van der Waals surface area contributed by atoms with Crippen LogP contribution in [0.3, 0.4) is 0 Å².